The van der Waals surface area contributed by atoms with Gasteiger partial charge in [0, 0.05) is 12.6 Å². The lowest BCUT2D eigenvalue weighted by molar-refractivity contribution is -0.141. The molecule has 0 aliphatic rings. The second-order valence-corrected chi connectivity index (χ2v) is 5.14. The summed E-state index contributed by atoms with van der Waals surface area (Å²) in [7, 11) is 0. The van der Waals surface area contributed by atoms with Gasteiger partial charge in [-0.3, -0.25) is 9.69 Å². The minimum Gasteiger partial charge on any atom is -0.481 e. The van der Waals surface area contributed by atoms with E-state index in [9.17, 15) is 4.79 Å². The van der Waals surface area contributed by atoms with Gasteiger partial charge < -0.3 is 5.11 Å². The molecule has 0 aliphatic heterocycles. The SMILES string of the molecule is CCC(C)CC(CC)N(CC)CC(C)C(=O)O. The molecule has 3 nitrogen and oxygen atoms in total. The van der Waals surface area contributed by atoms with E-state index in [2.05, 4.69) is 32.6 Å². The van der Waals surface area contributed by atoms with Crippen LogP contribution in [0.4, 0.5) is 0 Å². The first kappa shape index (κ1) is 16.4. The molecule has 0 aromatic heterocycles. The maximum absolute atomic E-state index is 10.9. The zero-order chi connectivity index (χ0) is 13.4. The smallest absolute Gasteiger partial charge is 0.307 e. The standard InChI is InChI=1S/C14H29NO2/c1-6-11(4)9-13(7-2)15(8-3)10-12(5)14(16)17/h11-13H,6-10H2,1-5H3,(H,16,17). The summed E-state index contributed by atoms with van der Waals surface area (Å²) in [6.45, 7) is 12.2. The molecule has 0 aromatic rings. The highest BCUT2D eigenvalue weighted by atomic mass is 16.4. The molecule has 0 bridgehead atoms. The van der Waals surface area contributed by atoms with Crippen LogP contribution in [0.25, 0.3) is 0 Å². The van der Waals surface area contributed by atoms with Gasteiger partial charge in [0.15, 0.2) is 0 Å². The Labute approximate surface area is 106 Å². The Hall–Kier alpha value is -0.570. The normalized spacial score (nSPS) is 16.8. The first-order valence-electron chi connectivity index (χ1n) is 6.92. The van der Waals surface area contributed by atoms with Crippen LogP contribution in [0.3, 0.4) is 0 Å². The van der Waals surface area contributed by atoms with Crippen molar-refractivity contribution in [3.63, 3.8) is 0 Å². The molecule has 0 heterocycles. The predicted octanol–water partition coefficient (Wildman–Crippen LogP) is 3.24. The van der Waals surface area contributed by atoms with Crippen LogP contribution in [0.5, 0.6) is 0 Å². The lowest BCUT2D eigenvalue weighted by Gasteiger charge is -2.32. The largest absolute Gasteiger partial charge is 0.481 e. The molecule has 0 aliphatic carbocycles. The number of rotatable bonds is 9. The van der Waals surface area contributed by atoms with Gasteiger partial charge in [-0.15, -0.1) is 0 Å². The zero-order valence-electron chi connectivity index (χ0n) is 12.1. The molecule has 0 saturated carbocycles. The molecule has 0 amide bonds. The predicted molar refractivity (Wildman–Crippen MR) is 72.2 cm³/mol. The van der Waals surface area contributed by atoms with Crippen molar-refractivity contribution in [1.29, 1.82) is 0 Å². The van der Waals surface area contributed by atoms with Gasteiger partial charge >= 0.3 is 5.97 Å². The zero-order valence-corrected chi connectivity index (χ0v) is 12.1. The molecule has 3 atom stereocenters. The van der Waals surface area contributed by atoms with Gasteiger partial charge in [0.2, 0.25) is 0 Å². The van der Waals surface area contributed by atoms with Crippen LogP contribution < -0.4 is 0 Å². The molecule has 0 rings (SSSR count). The van der Waals surface area contributed by atoms with Crippen molar-refractivity contribution in [2.45, 2.75) is 59.9 Å². The van der Waals surface area contributed by atoms with E-state index in [1.165, 1.54) is 12.8 Å². The van der Waals surface area contributed by atoms with Crippen LogP contribution in [0.15, 0.2) is 0 Å². The summed E-state index contributed by atoms with van der Waals surface area (Å²) < 4.78 is 0. The Morgan fingerprint density at radius 3 is 2.12 bits per heavy atom. The Balaban J connectivity index is 4.42. The van der Waals surface area contributed by atoms with E-state index in [0.29, 0.717) is 18.5 Å². The molecule has 0 saturated heterocycles. The Morgan fingerprint density at radius 2 is 1.76 bits per heavy atom. The van der Waals surface area contributed by atoms with E-state index in [0.717, 1.165) is 13.0 Å². The molecule has 3 unspecified atom stereocenters. The quantitative estimate of drug-likeness (QED) is 0.676. The molecule has 0 spiro atoms. The Morgan fingerprint density at radius 1 is 1.18 bits per heavy atom. The maximum Gasteiger partial charge on any atom is 0.307 e. The lowest BCUT2D eigenvalue weighted by Crippen LogP contribution is -2.40. The van der Waals surface area contributed by atoms with Crippen molar-refractivity contribution < 1.29 is 9.90 Å². The highest BCUT2D eigenvalue weighted by Crippen LogP contribution is 2.18. The second-order valence-electron chi connectivity index (χ2n) is 5.14. The van der Waals surface area contributed by atoms with Crippen molar-refractivity contribution in [2.75, 3.05) is 13.1 Å². The molecule has 0 fully saturated rings. The van der Waals surface area contributed by atoms with Crippen molar-refractivity contribution >= 4 is 5.97 Å². The van der Waals surface area contributed by atoms with Crippen LogP contribution in [0.2, 0.25) is 0 Å². The molecule has 1 N–H and O–H groups in total. The van der Waals surface area contributed by atoms with Crippen molar-refractivity contribution in [2.24, 2.45) is 11.8 Å². The lowest BCUT2D eigenvalue weighted by atomic mass is 9.96. The monoisotopic (exact) mass is 243 g/mol. The summed E-state index contributed by atoms with van der Waals surface area (Å²) in [4.78, 5) is 13.2. The first-order valence-corrected chi connectivity index (χ1v) is 6.92. The third-order valence-corrected chi connectivity index (χ3v) is 3.70. The fourth-order valence-corrected chi connectivity index (χ4v) is 2.17. The van der Waals surface area contributed by atoms with Gasteiger partial charge in [-0.25, -0.2) is 0 Å². The summed E-state index contributed by atoms with van der Waals surface area (Å²) in [5.41, 5.74) is 0. The fourth-order valence-electron chi connectivity index (χ4n) is 2.17. The number of aliphatic carboxylic acids is 1. The first-order chi connectivity index (χ1) is 7.96. The highest BCUT2D eigenvalue weighted by molar-refractivity contribution is 5.69. The number of hydrogen-bond acceptors (Lipinski definition) is 2. The maximum atomic E-state index is 10.9. The van der Waals surface area contributed by atoms with Gasteiger partial charge in [0.05, 0.1) is 5.92 Å². The van der Waals surface area contributed by atoms with Gasteiger partial charge in [0.1, 0.15) is 0 Å². The van der Waals surface area contributed by atoms with Gasteiger partial charge in [-0.1, -0.05) is 41.0 Å². The summed E-state index contributed by atoms with van der Waals surface area (Å²) >= 11 is 0. The van der Waals surface area contributed by atoms with Crippen LogP contribution in [-0.4, -0.2) is 35.1 Å². The van der Waals surface area contributed by atoms with E-state index >= 15 is 0 Å². The van der Waals surface area contributed by atoms with E-state index in [1.54, 1.807) is 6.92 Å². The number of nitrogens with zero attached hydrogens (tertiary/aromatic N) is 1. The number of carboxylic acid groups (broad SMARTS) is 1. The van der Waals surface area contributed by atoms with Crippen molar-refractivity contribution in [3.8, 4) is 0 Å². The number of carboxylic acids is 1. The fraction of sp³-hybridized carbons (Fsp3) is 0.929. The van der Waals surface area contributed by atoms with E-state index in [1.807, 2.05) is 0 Å². The third-order valence-electron chi connectivity index (χ3n) is 3.70. The molecular formula is C14H29NO2. The molecule has 3 heteroatoms. The molecule has 17 heavy (non-hydrogen) atoms. The summed E-state index contributed by atoms with van der Waals surface area (Å²) in [6, 6.07) is 0.525. The summed E-state index contributed by atoms with van der Waals surface area (Å²) in [5, 5.41) is 8.98. The average Bonchev–Trinajstić information content (AvgIpc) is 2.32. The van der Waals surface area contributed by atoms with Crippen LogP contribution >= 0.6 is 0 Å². The van der Waals surface area contributed by atoms with Crippen LogP contribution in [0.1, 0.15) is 53.9 Å². The van der Waals surface area contributed by atoms with Gasteiger partial charge in [-0.2, -0.15) is 0 Å². The minimum absolute atomic E-state index is 0.277. The second kappa shape index (κ2) is 8.51. The van der Waals surface area contributed by atoms with Gasteiger partial charge in [-0.05, 0) is 25.3 Å². The summed E-state index contributed by atoms with van der Waals surface area (Å²) in [5.74, 6) is -0.253. The topological polar surface area (TPSA) is 40.5 Å². The molecule has 0 radical (unpaired) electrons. The van der Waals surface area contributed by atoms with E-state index in [-0.39, 0.29) is 5.92 Å². The molecule has 0 aromatic carbocycles. The average molecular weight is 243 g/mol. The Bertz CT molecular complexity index is 218. The molecular weight excluding hydrogens is 214 g/mol. The van der Waals surface area contributed by atoms with Crippen LogP contribution in [0, 0.1) is 11.8 Å². The summed E-state index contributed by atoms with van der Waals surface area (Å²) in [6.07, 6.45) is 3.47. The molecule has 102 valence electrons. The van der Waals surface area contributed by atoms with Crippen molar-refractivity contribution in [3.05, 3.63) is 0 Å². The highest BCUT2D eigenvalue weighted by Gasteiger charge is 2.22. The van der Waals surface area contributed by atoms with Crippen LogP contribution in [-0.2, 0) is 4.79 Å². The van der Waals surface area contributed by atoms with Crippen molar-refractivity contribution in [1.82, 2.24) is 4.90 Å². The van der Waals surface area contributed by atoms with E-state index < -0.39 is 5.97 Å². The van der Waals surface area contributed by atoms with E-state index in [4.69, 9.17) is 5.11 Å². The third kappa shape index (κ3) is 6.06. The van der Waals surface area contributed by atoms with Gasteiger partial charge in [0.25, 0.3) is 0 Å². The minimum atomic E-state index is -0.693. The Kier molecular flexibility index (Phi) is 8.23. The number of hydrogen-bond donors (Lipinski definition) is 1. The number of carbonyl (C=O) groups is 1.